The lowest BCUT2D eigenvalue weighted by Gasteiger charge is -2.04. The smallest absolute Gasteiger partial charge is 0.321 e. The van der Waals surface area contributed by atoms with Crippen molar-refractivity contribution in [3.05, 3.63) is 21.6 Å². The zero-order valence-electron chi connectivity index (χ0n) is 9.61. The lowest BCUT2D eigenvalue weighted by molar-refractivity contribution is 0.291. The van der Waals surface area contributed by atoms with Gasteiger partial charge in [-0.1, -0.05) is 6.92 Å². The maximum Gasteiger partial charge on any atom is 0.321 e. The Morgan fingerprint density at radius 2 is 2.18 bits per heavy atom. The van der Waals surface area contributed by atoms with Crippen LogP contribution in [0.3, 0.4) is 0 Å². The summed E-state index contributed by atoms with van der Waals surface area (Å²) in [6, 6.07) is 2.25. The minimum atomic E-state index is 0.159. The van der Waals surface area contributed by atoms with Crippen LogP contribution in [0.1, 0.15) is 18.2 Å². The van der Waals surface area contributed by atoms with Gasteiger partial charge in [-0.25, -0.2) is 0 Å². The van der Waals surface area contributed by atoms with E-state index in [2.05, 4.69) is 15.0 Å². The predicted octanol–water partition coefficient (Wildman–Crippen LogP) is 3.35. The molecule has 0 aliphatic rings. The zero-order valence-corrected chi connectivity index (χ0v) is 11.2. The number of aromatic nitrogens is 3. The molecule has 0 aromatic carbocycles. The van der Waals surface area contributed by atoms with Crippen molar-refractivity contribution < 1.29 is 4.74 Å². The van der Waals surface area contributed by atoms with Crippen LogP contribution in [0.2, 0.25) is 5.28 Å². The Balaban J connectivity index is 2.35. The van der Waals surface area contributed by atoms with Crippen LogP contribution < -0.4 is 4.74 Å². The van der Waals surface area contributed by atoms with Crippen LogP contribution in [0.4, 0.5) is 0 Å². The third-order valence-electron chi connectivity index (χ3n) is 2.12. The Labute approximate surface area is 109 Å². The molecule has 0 N–H and O–H groups in total. The van der Waals surface area contributed by atoms with Gasteiger partial charge in [-0.15, -0.1) is 11.3 Å². The van der Waals surface area contributed by atoms with Gasteiger partial charge in [-0.05, 0) is 36.4 Å². The Morgan fingerprint density at radius 1 is 1.35 bits per heavy atom. The highest BCUT2D eigenvalue weighted by Crippen LogP contribution is 2.26. The molecule has 0 unspecified atom stereocenters. The fraction of sp³-hybridized carbons (Fsp3) is 0.364. The molecule has 0 saturated heterocycles. The number of aryl methyl sites for hydroxylation is 1. The van der Waals surface area contributed by atoms with E-state index in [1.807, 2.05) is 25.3 Å². The molecular formula is C11H12ClN3OS. The van der Waals surface area contributed by atoms with Crippen molar-refractivity contribution in [3.8, 4) is 17.4 Å². The van der Waals surface area contributed by atoms with Gasteiger partial charge in [0.25, 0.3) is 0 Å². The maximum absolute atomic E-state index is 5.86. The van der Waals surface area contributed by atoms with Crippen molar-refractivity contribution in [2.24, 2.45) is 0 Å². The summed E-state index contributed by atoms with van der Waals surface area (Å²) in [4.78, 5) is 13.4. The molecule has 0 fully saturated rings. The summed E-state index contributed by atoms with van der Waals surface area (Å²) in [6.07, 6.45) is 0.899. The predicted molar refractivity (Wildman–Crippen MR) is 68.7 cm³/mol. The molecule has 0 amide bonds. The quantitative estimate of drug-likeness (QED) is 0.854. The van der Waals surface area contributed by atoms with E-state index >= 15 is 0 Å². The van der Waals surface area contributed by atoms with E-state index in [0.29, 0.717) is 12.4 Å². The van der Waals surface area contributed by atoms with Crippen LogP contribution in [0.15, 0.2) is 11.4 Å². The molecule has 0 saturated carbocycles. The number of thiophene rings is 1. The van der Waals surface area contributed by atoms with Crippen molar-refractivity contribution in [3.63, 3.8) is 0 Å². The van der Waals surface area contributed by atoms with Gasteiger partial charge in [0, 0.05) is 10.4 Å². The standard InChI is InChI=1S/C11H12ClN3OS/c1-3-5-16-11-14-9(13-10(12)15-11)8-4-6-17-7(8)2/h4,6H,3,5H2,1-2H3. The van der Waals surface area contributed by atoms with E-state index in [1.165, 1.54) is 0 Å². The second kappa shape index (κ2) is 5.42. The fourth-order valence-corrected chi connectivity index (χ4v) is 2.17. The largest absolute Gasteiger partial charge is 0.463 e. The first kappa shape index (κ1) is 12.3. The molecular weight excluding hydrogens is 258 g/mol. The van der Waals surface area contributed by atoms with Crippen LogP contribution in [0.5, 0.6) is 6.01 Å². The normalized spacial score (nSPS) is 10.5. The molecule has 2 rings (SSSR count). The minimum Gasteiger partial charge on any atom is -0.463 e. The van der Waals surface area contributed by atoms with Crippen LogP contribution in [-0.2, 0) is 0 Å². The summed E-state index contributed by atoms with van der Waals surface area (Å²) in [5, 5.41) is 2.15. The Hall–Kier alpha value is -1.20. The molecule has 0 spiro atoms. The third kappa shape index (κ3) is 2.92. The van der Waals surface area contributed by atoms with Crippen LogP contribution in [0.25, 0.3) is 11.4 Å². The number of ether oxygens (including phenoxy) is 1. The van der Waals surface area contributed by atoms with Gasteiger partial charge in [0.05, 0.1) is 6.61 Å². The van der Waals surface area contributed by atoms with Gasteiger partial charge in [0.15, 0.2) is 5.82 Å². The third-order valence-corrected chi connectivity index (χ3v) is 3.14. The van der Waals surface area contributed by atoms with Crippen molar-refractivity contribution in [2.75, 3.05) is 6.61 Å². The van der Waals surface area contributed by atoms with Crippen molar-refractivity contribution >= 4 is 22.9 Å². The zero-order chi connectivity index (χ0) is 12.3. The first-order valence-corrected chi connectivity index (χ1v) is 6.55. The second-order valence-electron chi connectivity index (χ2n) is 3.45. The highest BCUT2D eigenvalue weighted by atomic mass is 35.5. The summed E-state index contributed by atoms with van der Waals surface area (Å²) >= 11 is 7.50. The Kier molecular flexibility index (Phi) is 3.91. The summed E-state index contributed by atoms with van der Waals surface area (Å²) in [6.45, 7) is 4.61. The van der Waals surface area contributed by atoms with Crippen LogP contribution in [0, 0.1) is 6.92 Å². The first-order chi connectivity index (χ1) is 8.20. The highest BCUT2D eigenvalue weighted by Gasteiger charge is 2.10. The minimum absolute atomic E-state index is 0.159. The topological polar surface area (TPSA) is 47.9 Å². The number of hydrogen-bond acceptors (Lipinski definition) is 5. The monoisotopic (exact) mass is 269 g/mol. The fourth-order valence-electron chi connectivity index (χ4n) is 1.33. The number of hydrogen-bond donors (Lipinski definition) is 0. The summed E-state index contributed by atoms with van der Waals surface area (Å²) in [7, 11) is 0. The van der Waals surface area contributed by atoms with Crippen molar-refractivity contribution in [2.45, 2.75) is 20.3 Å². The van der Waals surface area contributed by atoms with Gasteiger partial charge >= 0.3 is 6.01 Å². The molecule has 2 heterocycles. The van der Waals surface area contributed by atoms with E-state index in [1.54, 1.807) is 11.3 Å². The van der Waals surface area contributed by atoms with E-state index in [9.17, 15) is 0 Å². The summed E-state index contributed by atoms with van der Waals surface area (Å²) in [5.74, 6) is 0.565. The SMILES string of the molecule is CCCOc1nc(Cl)nc(-c2ccsc2C)n1. The lowest BCUT2D eigenvalue weighted by atomic mass is 10.2. The second-order valence-corrected chi connectivity index (χ2v) is 4.91. The van der Waals surface area contributed by atoms with Crippen LogP contribution in [-0.4, -0.2) is 21.6 Å². The molecule has 6 heteroatoms. The van der Waals surface area contributed by atoms with Gasteiger partial charge in [0.2, 0.25) is 5.28 Å². The maximum atomic E-state index is 5.86. The highest BCUT2D eigenvalue weighted by molar-refractivity contribution is 7.10. The van der Waals surface area contributed by atoms with Crippen molar-refractivity contribution in [1.82, 2.24) is 15.0 Å². The molecule has 0 bridgehead atoms. The van der Waals surface area contributed by atoms with Gasteiger partial charge in [-0.3, -0.25) is 0 Å². The molecule has 0 aliphatic carbocycles. The molecule has 17 heavy (non-hydrogen) atoms. The van der Waals surface area contributed by atoms with Gasteiger partial charge in [0.1, 0.15) is 0 Å². The van der Waals surface area contributed by atoms with Crippen molar-refractivity contribution in [1.29, 1.82) is 0 Å². The van der Waals surface area contributed by atoms with Gasteiger partial charge in [-0.2, -0.15) is 15.0 Å². The number of halogens is 1. The molecule has 0 radical (unpaired) electrons. The number of nitrogens with zero attached hydrogens (tertiary/aromatic N) is 3. The Bertz CT molecular complexity index is 515. The summed E-state index contributed by atoms with van der Waals surface area (Å²) < 4.78 is 5.37. The van der Waals surface area contributed by atoms with E-state index < -0.39 is 0 Å². The molecule has 0 atom stereocenters. The molecule has 0 aliphatic heterocycles. The molecule has 4 nitrogen and oxygen atoms in total. The number of rotatable bonds is 4. The Morgan fingerprint density at radius 3 is 2.82 bits per heavy atom. The molecule has 2 aromatic heterocycles. The van der Waals surface area contributed by atoms with E-state index in [4.69, 9.17) is 16.3 Å². The molecule has 90 valence electrons. The van der Waals surface area contributed by atoms with E-state index in [-0.39, 0.29) is 11.3 Å². The molecule has 2 aromatic rings. The lowest BCUT2D eigenvalue weighted by Crippen LogP contribution is -2.02. The first-order valence-electron chi connectivity index (χ1n) is 5.29. The van der Waals surface area contributed by atoms with Crippen LogP contribution >= 0.6 is 22.9 Å². The average molecular weight is 270 g/mol. The van der Waals surface area contributed by atoms with Gasteiger partial charge < -0.3 is 4.74 Å². The summed E-state index contributed by atoms with van der Waals surface area (Å²) in [5.41, 5.74) is 0.973. The average Bonchev–Trinajstić information content (AvgIpc) is 2.72. The van der Waals surface area contributed by atoms with E-state index in [0.717, 1.165) is 16.9 Å².